The van der Waals surface area contributed by atoms with Crippen molar-refractivity contribution in [3.8, 4) is 0 Å². The molecule has 0 unspecified atom stereocenters. The molecule has 26 heavy (non-hydrogen) atoms. The summed E-state index contributed by atoms with van der Waals surface area (Å²) in [6.07, 6.45) is 4.54. The molecule has 6 nitrogen and oxygen atoms in total. The number of guanidine groups is 1. The molecule has 1 fully saturated rings. The average molecular weight is 488 g/mol. The van der Waals surface area contributed by atoms with E-state index in [1.807, 2.05) is 18.2 Å². The van der Waals surface area contributed by atoms with E-state index < -0.39 is 0 Å². The maximum absolute atomic E-state index is 11.6. The van der Waals surface area contributed by atoms with E-state index in [4.69, 9.17) is 4.42 Å². The van der Waals surface area contributed by atoms with Crippen molar-refractivity contribution in [2.45, 2.75) is 25.8 Å². The molecule has 8 heteroatoms. The Kier molecular flexibility index (Phi) is 8.96. The number of aliphatic imine (C=N–C) groups is 1. The van der Waals surface area contributed by atoms with E-state index in [2.05, 4.69) is 32.4 Å². The molecule has 0 saturated heterocycles. The first-order valence-electron chi connectivity index (χ1n) is 8.66. The van der Waals surface area contributed by atoms with Gasteiger partial charge < -0.3 is 20.4 Å². The van der Waals surface area contributed by atoms with Crippen LogP contribution in [0.5, 0.6) is 0 Å². The zero-order chi connectivity index (χ0) is 17.3. The minimum Gasteiger partial charge on any atom is -0.469 e. The lowest BCUT2D eigenvalue weighted by Gasteiger charge is -2.12. The molecule has 1 aliphatic carbocycles. The van der Waals surface area contributed by atoms with Gasteiger partial charge in [-0.05, 0) is 36.4 Å². The van der Waals surface area contributed by atoms with E-state index in [0.717, 1.165) is 37.5 Å². The maximum Gasteiger partial charge on any atom is 0.223 e. The second kappa shape index (κ2) is 11.2. The van der Waals surface area contributed by atoms with Crippen molar-refractivity contribution in [1.82, 2.24) is 16.0 Å². The monoisotopic (exact) mass is 488 g/mol. The van der Waals surface area contributed by atoms with Crippen molar-refractivity contribution in [1.29, 1.82) is 0 Å². The van der Waals surface area contributed by atoms with Crippen molar-refractivity contribution >= 4 is 47.2 Å². The first-order chi connectivity index (χ1) is 12.3. The van der Waals surface area contributed by atoms with Crippen LogP contribution in [0.3, 0.4) is 0 Å². The predicted molar refractivity (Wildman–Crippen MR) is 115 cm³/mol. The highest BCUT2D eigenvalue weighted by Gasteiger charge is 2.28. The number of halogens is 1. The van der Waals surface area contributed by atoms with E-state index >= 15 is 0 Å². The molecule has 1 amide bonds. The van der Waals surface area contributed by atoms with Crippen LogP contribution in [0.15, 0.2) is 45.3 Å². The Labute approximate surface area is 174 Å². The van der Waals surface area contributed by atoms with E-state index in [-0.39, 0.29) is 35.8 Å². The standard InChI is InChI=1S/C18H24N4O2S.HI/c23-17(14-5-6-14)19-9-10-21-18(22-13-16-4-2-12-25-16)20-8-7-15-3-1-11-24-15;/h1-4,11-12,14H,5-10,13H2,(H,19,23)(H2,20,21,22);1H. The zero-order valence-electron chi connectivity index (χ0n) is 14.6. The van der Waals surface area contributed by atoms with Crippen LogP contribution in [0.1, 0.15) is 23.5 Å². The third-order valence-corrected chi connectivity index (χ3v) is 4.74. The van der Waals surface area contributed by atoms with Crippen molar-refractivity contribution in [2.24, 2.45) is 10.9 Å². The van der Waals surface area contributed by atoms with Gasteiger partial charge in [-0.15, -0.1) is 35.3 Å². The van der Waals surface area contributed by atoms with Crippen LogP contribution in [0.4, 0.5) is 0 Å². The molecule has 3 rings (SSSR count). The van der Waals surface area contributed by atoms with Crippen molar-refractivity contribution < 1.29 is 9.21 Å². The van der Waals surface area contributed by atoms with Crippen molar-refractivity contribution in [3.63, 3.8) is 0 Å². The van der Waals surface area contributed by atoms with Crippen LogP contribution in [0, 0.1) is 5.92 Å². The van der Waals surface area contributed by atoms with E-state index in [1.54, 1.807) is 17.6 Å². The van der Waals surface area contributed by atoms with Gasteiger partial charge in [0.05, 0.1) is 12.8 Å². The quantitative estimate of drug-likeness (QED) is 0.220. The second-order valence-corrected chi connectivity index (χ2v) is 7.02. The highest BCUT2D eigenvalue weighted by molar-refractivity contribution is 14.0. The third-order valence-electron chi connectivity index (χ3n) is 3.88. The summed E-state index contributed by atoms with van der Waals surface area (Å²) < 4.78 is 5.34. The number of nitrogens with one attached hydrogen (secondary N) is 3. The Morgan fingerprint density at radius 3 is 2.65 bits per heavy atom. The summed E-state index contributed by atoms with van der Waals surface area (Å²) in [7, 11) is 0. The molecule has 2 heterocycles. The molecule has 0 aromatic carbocycles. The van der Waals surface area contributed by atoms with Crippen molar-refractivity contribution in [2.75, 3.05) is 19.6 Å². The Hall–Kier alpha value is -1.55. The topological polar surface area (TPSA) is 78.7 Å². The summed E-state index contributed by atoms with van der Waals surface area (Å²) in [5.41, 5.74) is 0. The SMILES string of the molecule is I.O=C(NCCNC(=NCc1cccs1)NCCc1ccco1)C1CC1. The molecule has 1 aliphatic rings. The fraction of sp³-hybridized carbons (Fsp3) is 0.444. The summed E-state index contributed by atoms with van der Waals surface area (Å²) in [5.74, 6) is 2.12. The van der Waals surface area contributed by atoms with Crippen LogP contribution in [-0.4, -0.2) is 31.5 Å². The summed E-state index contributed by atoms with van der Waals surface area (Å²) in [5, 5.41) is 11.6. The molecule has 1 saturated carbocycles. The number of amides is 1. The number of hydrogen-bond donors (Lipinski definition) is 3. The predicted octanol–water partition coefficient (Wildman–Crippen LogP) is 2.76. The van der Waals surface area contributed by atoms with Crippen molar-refractivity contribution in [3.05, 3.63) is 46.5 Å². The smallest absolute Gasteiger partial charge is 0.223 e. The number of furan rings is 1. The van der Waals surface area contributed by atoms with Crippen LogP contribution in [0.2, 0.25) is 0 Å². The van der Waals surface area contributed by atoms with Gasteiger partial charge in [-0.25, -0.2) is 4.99 Å². The molecule has 0 bridgehead atoms. The Morgan fingerprint density at radius 1 is 1.15 bits per heavy atom. The molecular formula is C18H25IN4O2S. The van der Waals surface area contributed by atoms with Crippen LogP contribution >= 0.6 is 35.3 Å². The number of hydrogen-bond acceptors (Lipinski definition) is 4. The summed E-state index contributed by atoms with van der Waals surface area (Å²) >= 11 is 1.69. The number of carbonyl (C=O) groups is 1. The largest absolute Gasteiger partial charge is 0.469 e. The lowest BCUT2D eigenvalue weighted by molar-refractivity contribution is -0.122. The van der Waals surface area contributed by atoms with Gasteiger partial charge in [-0.1, -0.05) is 6.07 Å². The normalized spacial score (nSPS) is 13.8. The molecular weight excluding hydrogens is 463 g/mol. The Balaban J connectivity index is 0.00000243. The molecule has 3 N–H and O–H groups in total. The summed E-state index contributed by atoms with van der Waals surface area (Å²) in [6.45, 7) is 2.63. The zero-order valence-corrected chi connectivity index (χ0v) is 17.7. The van der Waals surface area contributed by atoms with Crippen LogP contribution in [-0.2, 0) is 17.8 Å². The molecule has 0 spiro atoms. The number of carbonyl (C=O) groups excluding carboxylic acids is 1. The van der Waals surface area contributed by atoms with Crippen LogP contribution < -0.4 is 16.0 Å². The van der Waals surface area contributed by atoms with E-state index in [1.165, 1.54) is 4.88 Å². The molecule has 2 aromatic rings. The van der Waals surface area contributed by atoms with Gasteiger partial charge in [0.1, 0.15) is 5.76 Å². The molecule has 2 aromatic heterocycles. The summed E-state index contributed by atoms with van der Waals surface area (Å²) in [4.78, 5) is 17.5. The fourth-order valence-corrected chi connectivity index (χ4v) is 2.98. The number of rotatable bonds is 9. The molecule has 0 aliphatic heterocycles. The third kappa shape index (κ3) is 7.36. The fourth-order valence-electron chi connectivity index (χ4n) is 2.35. The lowest BCUT2D eigenvalue weighted by Crippen LogP contribution is -2.42. The van der Waals surface area contributed by atoms with E-state index in [0.29, 0.717) is 19.6 Å². The number of nitrogens with zero attached hydrogens (tertiary/aromatic N) is 1. The highest BCUT2D eigenvalue weighted by atomic mass is 127. The van der Waals surface area contributed by atoms with E-state index in [9.17, 15) is 4.79 Å². The van der Waals surface area contributed by atoms with Gasteiger partial charge in [-0.3, -0.25) is 4.79 Å². The maximum atomic E-state index is 11.6. The van der Waals surface area contributed by atoms with Gasteiger partial charge in [0.15, 0.2) is 5.96 Å². The number of thiophene rings is 1. The Bertz CT molecular complexity index is 669. The average Bonchev–Trinajstić information content (AvgIpc) is 3.10. The highest BCUT2D eigenvalue weighted by Crippen LogP contribution is 2.28. The van der Waals surface area contributed by atoms with Crippen LogP contribution in [0.25, 0.3) is 0 Å². The Morgan fingerprint density at radius 2 is 1.96 bits per heavy atom. The van der Waals surface area contributed by atoms with Gasteiger partial charge in [-0.2, -0.15) is 0 Å². The summed E-state index contributed by atoms with van der Waals surface area (Å²) in [6, 6.07) is 7.96. The first kappa shape index (κ1) is 20.8. The van der Waals surface area contributed by atoms with Gasteiger partial charge in [0.25, 0.3) is 0 Å². The lowest BCUT2D eigenvalue weighted by atomic mass is 10.3. The second-order valence-electron chi connectivity index (χ2n) is 5.99. The molecule has 142 valence electrons. The molecule has 0 atom stereocenters. The minimum absolute atomic E-state index is 0. The van der Waals surface area contributed by atoms with Gasteiger partial charge in [0, 0.05) is 36.9 Å². The molecule has 0 radical (unpaired) electrons. The first-order valence-corrected chi connectivity index (χ1v) is 9.54. The van der Waals surface area contributed by atoms with Gasteiger partial charge >= 0.3 is 0 Å². The minimum atomic E-state index is 0. The van der Waals surface area contributed by atoms with Gasteiger partial charge in [0.2, 0.25) is 5.91 Å².